The number of amides is 1. The highest BCUT2D eigenvalue weighted by molar-refractivity contribution is 7.98. The Bertz CT molecular complexity index is 921. The maximum atomic E-state index is 12.5. The van der Waals surface area contributed by atoms with E-state index < -0.39 is 5.97 Å². The Labute approximate surface area is 174 Å². The van der Waals surface area contributed by atoms with E-state index in [1.807, 2.05) is 42.7 Å². The molecule has 0 atom stereocenters. The molecule has 1 aromatic carbocycles. The van der Waals surface area contributed by atoms with Gasteiger partial charge in [-0.05, 0) is 43.6 Å². The summed E-state index contributed by atoms with van der Waals surface area (Å²) in [6, 6.07) is 13.7. The minimum Gasteiger partial charge on any atom is -0.452 e. The lowest BCUT2D eigenvalue weighted by Gasteiger charge is -2.11. The lowest BCUT2D eigenvalue weighted by molar-refractivity contribution is -0.124. The average molecular weight is 410 g/mol. The van der Waals surface area contributed by atoms with E-state index in [-0.39, 0.29) is 23.6 Å². The molecule has 1 aliphatic rings. The summed E-state index contributed by atoms with van der Waals surface area (Å²) in [4.78, 5) is 29.0. The number of benzene rings is 1. The first-order valence-corrected chi connectivity index (χ1v) is 10.8. The number of esters is 1. The fourth-order valence-corrected chi connectivity index (χ4v) is 3.53. The van der Waals surface area contributed by atoms with Crippen molar-refractivity contribution in [3.8, 4) is 6.07 Å². The number of nitrogens with one attached hydrogen (secondary N) is 1. The largest absolute Gasteiger partial charge is 0.452 e. The van der Waals surface area contributed by atoms with Crippen LogP contribution in [0.5, 0.6) is 0 Å². The molecular weight excluding hydrogens is 386 g/mol. The number of aromatic nitrogens is 1. The minimum absolute atomic E-state index is 0.186. The van der Waals surface area contributed by atoms with Gasteiger partial charge in [0.15, 0.2) is 6.61 Å². The van der Waals surface area contributed by atoms with Crippen molar-refractivity contribution in [2.75, 3.05) is 19.4 Å². The summed E-state index contributed by atoms with van der Waals surface area (Å²) < 4.78 is 5.16. The van der Waals surface area contributed by atoms with Gasteiger partial charge in [-0.1, -0.05) is 30.3 Å². The molecule has 6 nitrogen and oxygen atoms in total. The second-order valence-corrected chi connectivity index (χ2v) is 7.68. The number of thioether (sulfide) groups is 1. The molecule has 0 radical (unpaired) electrons. The number of nitriles is 1. The van der Waals surface area contributed by atoms with Crippen LogP contribution in [0.25, 0.3) is 0 Å². The van der Waals surface area contributed by atoms with Gasteiger partial charge < -0.3 is 10.1 Å². The van der Waals surface area contributed by atoms with Gasteiger partial charge >= 0.3 is 5.97 Å². The van der Waals surface area contributed by atoms with Crippen molar-refractivity contribution >= 4 is 23.6 Å². The van der Waals surface area contributed by atoms with E-state index >= 15 is 0 Å². The van der Waals surface area contributed by atoms with Crippen LogP contribution in [0.3, 0.4) is 0 Å². The predicted octanol–water partition coefficient (Wildman–Crippen LogP) is 3.46. The van der Waals surface area contributed by atoms with Crippen molar-refractivity contribution in [2.24, 2.45) is 0 Å². The molecule has 1 saturated carbocycles. The molecule has 7 heteroatoms. The second-order valence-electron chi connectivity index (χ2n) is 6.88. The Hall–Kier alpha value is -2.85. The van der Waals surface area contributed by atoms with E-state index in [0.717, 1.165) is 31.4 Å². The van der Waals surface area contributed by atoms with Crippen molar-refractivity contribution in [1.82, 2.24) is 10.3 Å². The Balaban J connectivity index is 1.51. The number of hydrogen-bond acceptors (Lipinski definition) is 6. The molecule has 0 spiro atoms. The summed E-state index contributed by atoms with van der Waals surface area (Å²) in [7, 11) is 0. The Morgan fingerprint density at radius 3 is 2.72 bits per heavy atom. The van der Waals surface area contributed by atoms with Gasteiger partial charge in [0.1, 0.15) is 11.1 Å². The molecule has 0 saturated heterocycles. The van der Waals surface area contributed by atoms with Crippen molar-refractivity contribution in [3.05, 3.63) is 58.8 Å². The van der Waals surface area contributed by atoms with Crippen LogP contribution in [0.1, 0.15) is 52.4 Å². The molecule has 1 aliphatic carbocycles. The van der Waals surface area contributed by atoms with Crippen LogP contribution in [0.4, 0.5) is 0 Å². The van der Waals surface area contributed by atoms with Gasteiger partial charge in [-0.3, -0.25) is 4.79 Å². The van der Waals surface area contributed by atoms with Gasteiger partial charge in [0.2, 0.25) is 0 Å². The zero-order chi connectivity index (χ0) is 20.6. The van der Waals surface area contributed by atoms with Gasteiger partial charge in [0, 0.05) is 18.2 Å². The Morgan fingerprint density at radius 1 is 1.31 bits per heavy atom. The fraction of sp³-hybridized carbons (Fsp3) is 0.364. The smallest absolute Gasteiger partial charge is 0.340 e. The van der Waals surface area contributed by atoms with E-state index in [2.05, 4.69) is 10.3 Å². The Kier molecular flexibility index (Phi) is 7.25. The number of carbonyl (C=O) groups is 2. The van der Waals surface area contributed by atoms with Crippen molar-refractivity contribution in [1.29, 1.82) is 5.26 Å². The number of aryl methyl sites for hydroxylation is 1. The molecular formula is C22H23N3O3S. The van der Waals surface area contributed by atoms with Gasteiger partial charge in [-0.15, -0.1) is 11.8 Å². The number of hydrogen-bond donors (Lipinski definition) is 1. The van der Waals surface area contributed by atoms with E-state index in [4.69, 9.17) is 4.74 Å². The first-order valence-electron chi connectivity index (χ1n) is 9.59. The molecule has 0 bridgehead atoms. The normalized spacial score (nSPS) is 12.8. The lowest BCUT2D eigenvalue weighted by atomic mass is 10.1. The maximum absolute atomic E-state index is 12.5. The third-order valence-corrected chi connectivity index (χ3v) is 5.35. The number of nitrogens with zero attached hydrogens (tertiary/aromatic N) is 2. The first kappa shape index (κ1) is 20.9. The van der Waals surface area contributed by atoms with Crippen LogP contribution in [-0.4, -0.2) is 36.3 Å². The van der Waals surface area contributed by atoms with Gasteiger partial charge in [0.05, 0.1) is 11.1 Å². The molecule has 1 aromatic heterocycles. The molecule has 1 heterocycles. The van der Waals surface area contributed by atoms with Crippen LogP contribution in [0, 0.1) is 11.3 Å². The summed E-state index contributed by atoms with van der Waals surface area (Å²) in [5, 5.41) is 12.7. The highest BCUT2D eigenvalue weighted by Crippen LogP contribution is 2.40. The van der Waals surface area contributed by atoms with Crippen molar-refractivity contribution in [2.45, 2.75) is 36.6 Å². The van der Waals surface area contributed by atoms with E-state index in [0.29, 0.717) is 17.5 Å². The van der Waals surface area contributed by atoms with Crippen LogP contribution >= 0.6 is 11.8 Å². The maximum Gasteiger partial charge on any atom is 0.340 e. The average Bonchev–Trinajstić information content (AvgIpc) is 3.60. The number of rotatable bonds is 9. The standard InChI is InChI=1S/C22H23N3O3S/c1-29-21-18(13-23)17(12-19(25-21)16-9-10-16)22(27)28-14-20(26)24-11-5-8-15-6-3-2-4-7-15/h2-4,6-7,12,16H,5,8-11,14H2,1H3,(H,24,26). The van der Waals surface area contributed by atoms with E-state index in [1.165, 1.54) is 17.3 Å². The molecule has 3 rings (SSSR count). The molecule has 1 amide bonds. The summed E-state index contributed by atoms with van der Waals surface area (Å²) in [6.07, 6.45) is 5.55. The van der Waals surface area contributed by atoms with Crippen LogP contribution in [0.15, 0.2) is 41.4 Å². The molecule has 29 heavy (non-hydrogen) atoms. The molecule has 1 fully saturated rings. The zero-order valence-electron chi connectivity index (χ0n) is 16.3. The zero-order valence-corrected chi connectivity index (χ0v) is 17.1. The fourth-order valence-electron chi connectivity index (χ4n) is 2.97. The third kappa shape index (κ3) is 5.81. The van der Waals surface area contributed by atoms with E-state index in [1.54, 1.807) is 6.07 Å². The third-order valence-electron chi connectivity index (χ3n) is 4.67. The SMILES string of the molecule is CSc1nc(C2CC2)cc(C(=O)OCC(=O)NCCCc2ccccc2)c1C#N. The molecule has 1 N–H and O–H groups in total. The summed E-state index contributed by atoms with van der Waals surface area (Å²) in [5.41, 5.74) is 2.41. The lowest BCUT2D eigenvalue weighted by Crippen LogP contribution is -2.30. The first-order chi connectivity index (χ1) is 14.1. The molecule has 0 aliphatic heterocycles. The second kappa shape index (κ2) is 10.1. The van der Waals surface area contributed by atoms with Crippen LogP contribution < -0.4 is 5.32 Å². The topological polar surface area (TPSA) is 92.1 Å². The Morgan fingerprint density at radius 2 is 2.07 bits per heavy atom. The van der Waals surface area contributed by atoms with Crippen LogP contribution in [-0.2, 0) is 16.0 Å². The quantitative estimate of drug-likeness (QED) is 0.387. The highest BCUT2D eigenvalue weighted by Gasteiger charge is 2.29. The van der Waals surface area contributed by atoms with Crippen LogP contribution in [0.2, 0.25) is 0 Å². The summed E-state index contributed by atoms with van der Waals surface area (Å²) >= 11 is 1.33. The van der Waals surface area contributed by atoms with E-state index in [9.17, 15) is 14.9 Å². The van der Waals surface area contributed by atoms with Gasteiger partial charge in [0.25, 0.3) is 5.91 Å². The van der Waals surface area contributed by atoms with Gasteiger partial charge in [-0.25, -0.2) is 9.78 Å². The van der Waals surface area contributed by atoms with Crippen molar-refractivity contribution < 1.29 is 14.3 Å². The number of pyridine rings is 1. The highest BCUT2D eigenvalue weighted by atomic mass is 32.2. The predicted molar refractivity (Wildman–Crippen MR) is 111 cm³/mol. The summed E-state index contributed by atoms with van der Waals surface area (Å²) in [5.74, 6) is -0.680. The molecule has 0 unspecified atom stereocenters. The number of ether oxygens (including phenoxy) is 1. The summed E-state index contributed by atoms with van der Waals surface area (Å²) in [6.45, 7) is 0.136. The monoisotopic (exact) mass is 409 g/mol. The van der Waals surface area contributed by atoms with Crippen molar-refractivity contribution in [3.63, 3.8) is 0 Å². The molecule has 2 aromatic rings. The molecule has 150 valence electrons. The van der Waals surface area contributed by atoms with Gasteiger partial charge in [-0.2, -0.15) is 5.26 Å². The number of carbonyl (C=O) groups excluding carboxylic acids is 2. The minimum atomic E-state index is -0.666.